The second-order valence-corrected chi connectivity index (χ2v) is 6.99. The third-order valence-corrected chi connectivity index (χ3v) is 5.13. The average molecular weight is 377 g/mol. The number of nitrogens with one attached hydrogen (secondary N) is 1. The molecule has 1 aliphatic rings. The van der Waals surface area contributed by atoms with Crippen molar-refractivity contribution >= 4 is 28.4 Å². The molecule has 0 bridgehead atoms. The van der Waals surface area contributed by atoms with Crippen molar-refractivity contribution in [2.24, 2.45) is 0 Å². The highest BCUT2D eigenvalue weighted by atomic mass is 16.5. The highest BCUT2D eigenvalue weighted by Gasteiger charge is 2.20. The monoisotopic (exact) mass is 377 g/mol. The van der Waals surface area contributed by atoms with E-state index < -0.39 is 0 Å². The maximum atomic E-state index is 5.26. The van der Waals surface area contributed by atoms with Gasteiger partial charge in [0.05, 0.1) is 12.6 Å². The Balaban J connectivity index is 1.51. The maximum Gasteiger partial charge on any atom is 0.228 e. The maximum absolute atomic E-state index is 5.26. The van der Waals surface area contributed by atoms with E-state index in [1.165, 1.54) is 5.69 Å². The van der Waals surface area contributed by atoms with Crippen LogP contribution in [0.25, 0.3) is 10.9 Å². The molecule has 28 heavy (non-hydrogen) atoms. The summed E-state index contributed by atoms with van der Waals surface area (Å²) in [6, 6.07) is 16.5. The molecule has 0 spiro atoms. The van der Waals surface area contributed by atoms with E-state index in [9.17, 15) is 0 Å². The van der Waals surface area contributed by atoms with Crippen LogP contribution in [0.15, 0.2) is 48.5 Å². The van der Waals surface area contributed by atoms with Crippen LogP contribution in [-0.2, 0) is 0 Å². The lowest BCUT2D eigenvalue weighted by molar-refractivity contribution is 0.415. The number of ether oxygens (including phenoxy) is 1. The number of rotatable bonds is 6. The van der Waals surface area contributed by atoms with Gasteiger partial charge in [0.15, 0.2) is 0 Å². The van der Waals surface area contributed by atoms with Gasteiger partial charge in [-0.15, -0.1) is 0 Å². The third kappa shape index (κ3) is 3.81. The molecular formula is C22H27N5O. The van der Waals surface area contributed by atoms with Crippen molar-refractivity contribution in [3.05, 3.63) is 48.5 Å². The topological polar surface area (TPSA) is 53.5 Å². The first-order valence-electron chi connectivity index (χ1n) is 9.93. The Morgan fingerprint density at radius 2 is 1.64 bits per heavy atom. The van der Waals surface area contributed by atoms with Crippen LogP contribution in [0.3, 0.4) is 0 Å². The molecule has 0 unspecified atom stereocenters. The van der Waals surface area contributed by atoms with Crippen molar-refractivity contribution in [1.29, 1.82) is 0 Å². The molecule has 0 aliphatic carbocycles. The van der Waals surface area contributed by atoms with E-state index in [0.717, 1.165) is 67.6 Å². The molecule has 0 atom stereocenters. The SMILES string of the molecule is CCCNc1nc(N2CCN(c3ccc(OC)cc3)CC2)nc2ccccc12. The Bertz CT molecular complexity index is 920. The number of benzene rings is 2. The minimum Gasteiger partial charge on any atom is -0.497 e. The van der Waals surface area contributed by atoms with Gasteiger partial charge >= 0.3 is 0 Å². The molecule has 1 aromatic heterocycles. The Morgan fingerprint density at radius 3 is 2.36 bits per heavy atom. The van der Waals surface area contributed by atoms with Gasteiger partial charge in [-0.3, -0.25) is 0 Å². The van der Waals surface area contributed by atoms with Crippen molar-refractivity contribution in [1.82, 2.24) is 9.97 Å². The van der Waals surface area contributed by atoms with Crippen LogP contribution in [0.1, 0.15) is 13.3 Å². The highest BCUT2D eigenvalue weighted by molar-refractivity contribution is 5.90. The van der Waals surface area contributed by atoms with Gasteiger partial charge in [-0.1, -0.05) is 19.1 Å². The van der Waals surface area contributed by atoms with Crippen LogP contribution >= 0.6 is 0 Å². The first kappa shape index (κ1) is 18.3. The summed E-state index contributed by atoms with van der Waals surface area (Å²) in [5, 5.41) is 4.54. The van der Waals surface area contributed by atoms with Crippen molar-refractivity contribution in [3.8, 4) is 5.75 Å². The lowest BCUT2D eigenvalue weighted by Crippen LogP contribution is -2.47. The zero-order chi connectivity index (χ0) is 19.3. The first-order chi connectivity index (χ1) is 13.8. The fourth-order valence-electron chi connectivity index (χ4n) is 3.54. The lowest BCUT2D eigenvalue weighted by atomic mass is 10.2. The molecule has 1 saturated heterocycles. The third-order valence-electron chi connectivity index (χ3n) is 5.13. The summed E-state index contributed by atoms with van der Waals surface area (Å²) in [5.41, 5.74) is 2.22. The smallest absolute Gasteiger partial charge is 0.228 e. The molecule has 0 saturated carbocycles. The predicted molar refractivity (Wildman–Crippen MR) is 116 cm³/mol. The number of piperazine rings is 1. The molecule has 2 aromatic carbocycles. The molecule has 0 radical (unpaired) electrons. The van der Waals surface area contributed by atoms with Crippen LogP contribution in [0.5, 0.6) is 5.75 Å². The molecule has 6 heteroatoms. The van der Waals surface area contributed by atoms with Gasteiger partial charge < -0.3 is 19.9 Å². The Hall–Kier alpha value is -3.02. The number of fused-ring (bicyclic) bond motifs is 1. The van der Waals surface area contributed by atoms with Crippen LogP contribution in [-0.4, -0.2) is 49.8 Å². The van der Waals surface area contributed by atoms with Gasteiger partial charge in [-0.2, -0.15) is 4.98 Å². The van der Waals surface area contributed by atoms with E-state index >= 15 is 0 Å². The summed E-state index contributed by atoms with van der Waals surface area (Å²) in [5.74, 6) is 2.63. The fourth-order valence-corrected chi connectivity index (χ4v) is 3.54. The van der Waals surface area contributed by atoms with Gasteiger partial charge in [-0.25, -0.2) is 4.98 Å². The molecule has 146 valence electrons. The van der Waals surface area contributed by atoms with Crippen LogP contribution in [0, 0.1) is 0 Å². The molecule has 1 aliphatic heterocycles. The average Bonchev–Trinajstić information content (AvgIpc) is 2.77. The van der Waals surface area contributed by atoms with Crippen LogP contribution in [0.2, 0.25) is 0 Å². The van der Waals surface area contributed by atoms with Crippen molar-refractivity contribution < 1.29 is 4.74 Å². The summed E-state index contributed by atoms with van der Waals surface area (Å²) < 4.78 is 5.26. The van der Waals surface area contributed by atoms with Crippen molar-refractivity contribution in [2.75, 3.05) is 55.0 Å². The molecule has 4 rings (SSSR count). The van der Waals surface area contributed by atoms with E-state index in [0.29, 0.717) is 0 Å². The quantitative estimate of drug-likeness (QED) is 0.705. The van der Waals surface area contributed by atoms with E-state index in [1.807, 2.05) is 24.3 Å². The number of hydrogen-bond acceptors (Lipinski definition) is 6. The number of aromatic nitrogens is 2. The molecular weight excluding hydrogens is 350 g/mol. The largest absolute Gasteiger partial charge is 0.497 e. The van der Waals surface area contributed by atoms with Crippen LogP contribution in [0.4, 0.5) is 17.5 Å². The normalized spacial score (nSPS) is 14.4. The Morgan fingerprint density at radius 1 is 0.929 bits per heavy atom. The van der Waals surface area contributed by atoms with Gasteiger partial charge in [-0.05, 0) is 42.8 Å². The van der Waals surface area contributed by atoms with E-state index in [4.69, 9.17) is 14.7 Å². The van der Waals surface area contributed by atoms with Gasteiger partial charge in [0.25, 0.3) is 0 Å². The van der Waals surface area contributed by atoms with Crippen molar-refractivity contribution in [3.63, 3.8) is 0 Å². The second-order valence-electron chi connectivity index (χ2n) is 6.99. The van der Waals surface area contributed by atoms with Gasteiger partial charge in [0, 0.05) is 43.8 Å². The van der Waals surface area contributed by atoms with Gasteiger partial charge in [0.1, 0.15) is 11.6 Å². The molecule has 6 nitrogen and oxygen atoms in total. The first-order valence-corrected chi connectivity index (χ1v) is 9.93. The Kier molecular flexibility index (Phi) is 5.46. The predicted octanol–water partition coefficient (Wildman–Crippen LogP) is 3.79. The number of para-hydroxylation sites is 1. The van der Waals surface area contributed by atoms with E-state index in [-0.39, 0.29) is 0 Å². The fraction of sp³-hybridized carbons (Fsp3) is 0.364. The van der Waals surface area contributed by atoms with Crippen molar-refractivity contribution in [2.45, 2.75) is 13.3 Å². The molecule has 1 N–H and O–H groups in total. The second kappa shape index (κ2) is 8.33. The lowest BCUT2D eigenvalue weighted by Gasteiger charge is -2.36. The number of nitrogens with zero attached hydrogens (tertiary/aromatic N) is 4. The molecule has 0 amide bonds. The van der Waals surface area contributed by atoms with E-state index in [1.54, 1.807) is 7.11 Å². The Labute approximate surface area is 166 Å². The zero-order valence-electron chi connectivity index (χ0n) is 16.6. The standard InChI is InChI=1S/C22H27N5O/c1-3-12-23-21-19-6-4-5-7-20(19)24-22(25-21)27-15-13-26(14-16-27)17-8-10-18(28-2)11-9-17/h4-11H,3,12-16H2,1-2H3,(H,23,24,25). The highest BCUT2D eigenvalue weighted by Crippen LogP contribution is 2.25. The number of methoxy groups -OCH3 is 1. The molecule has 3 aromatic rings. The summed E-state index contributed by atoms with van der Waals surface area (Å²) in [6.07, 6.45) is 1.06. The number of hydrogen-bond donors (Lipinski definition) is 1. The molecule has 2 heterocycles. The minimum atomic E-state index is 0.812. The summed E-state index contributed by atoms with van der Waals surface area (Å²) in [4.78, 5) is 14.4. The zero-order valence-corrected chi connectivity index (χ0v) is 16.6. The molecule has 1 fully saturated rings. The summed E-state index contributed by atoms with van der Waals surface area (Å²) in [7, 11) is 1.70. The minimum absolute atomic E-state index is 0.812. The number of anilines is 3. The summed E-state index contributed by atoms with van der Waals surface area (Å²) >= 11 is 0. The van der Waals surface area contributed by atoms with E-state index in [2.05, 4.69) is 46.3 Å². The van der Waals surface area contributed by atoms with Gasteiger partial charge in [0.2, 0.25) is 5.95 Å². The summed E-state index contributed by atoms with van der Waals surface area (Å²) in [6.45, 7) is 6.76. The van der Waals surface area contributed by atoms with Crippen LogP contribution < -0.4 is 19.9 Å².